The topological polar surface area (TPSA) is 95.0 Å². The summed E-state index contributed by atoms with van der Waals surface area (Å²) in [6, 6.07) is 5.90. The molecular weight excluding hydrogens is 370 g/mol. The van der Waals surface area contributed by atoms with Gasteiger partial charge in [0.1, 0.15) is 5.75 Å². The Morgan fingerprint density at radius 3 is 2.46 bits per heavy atom. The van der Waals surface area contributed by atoms with Crippen molar-refractivity contribution in [3.05, 3.63) is 29.8 Å². The van der Waals surface area contributed by atoms with Crippen molar-refractivity contribution in [3.63, 3.8) is 0 Å². The van der Waals surface area contributed by atoms with E-state index in [0.29, 0.717) is 31.0 Å². The second-order valence-corrected chi connectivity index (χ2v) is 6.24. The average molecular weight is 400 g/mol. The number of ether oxygens (including phenoxy) is 1. The van der Waals surface area contributed by atoms with E-state index < -0.39 is 12.7 Å². The average Bonchev–Trinajstić information content (AvgIpc) is 2.65. The fourth-order valence-corrected chi connectivity index (χ4v) is 2.24. The molecule has 28 heavy (non-hydrogen) atoms. The van der Waals surface area contributed by atoms with Crippen molar-refractivity contribution in [2.75, 3.05) is 19.6 Å². The van der Waals surface area contributed by atoms with E-state index >= 15 is 0 Å². The van der Waals surface area contributed by atoms with Gasteiger partial charge in [0.2, 0.25) is 5.91 Å². The van der Waals surface area contributed by atoms with Gasteiger partial charge in [-0.1, -0.05) is 19.1 Å². The van der Waals surface area contributed by atoms with Crippen LogP contribution in [-0.4, -0.2) is 49.3 Å². The van der Waals surface area contributed by atoms with E-state index in [1.54, 1.807) is 0 Å². The fourth-order valence-electron chi connectivity index (χ4n) is 2.24. The summed E-state index contributed by atoms with van der Waals surface area (Å²) in [7, 11) is 0. The van der Waals surface area contributed by atoms with Crippen molar-refractivity contribution in [1.29, 1.82) is 0 Å². The monoisotopic (exact) mass is 400 g/mol. The van der Waals surface area contributed by atoms with E-state index in [-0.39, 0.29) is 24.2 Å². The van der Waals surface area contributed by atoms with Crippen molar-refractivity contribution in [3.8, 4) is 5.75 Å². The molecule has 1 rings (SSSR count). The van der Waals surface area contributed by atoms with Gasteiger partial charge in [-0.3, -0.25) is 9.79 Å². The number of aliphatic hydroxyl groups is 1. The Morgan fingerprint density at radius 2 is 1.89 bits per heavy atom. The predicted octanol–water partition coefficient (Wildman–Crippen LogP) is 2.18. The molecule has 0 aliphatic carbocycles. The number of hydrogen-bond acceptors (Lipinski definition) is 4. The van der Waals surface area contributed by atoms with Crippen LogP contribution in [0.25, 0.3) is 0 Å². The highest BCUT2D eigenvalue weighted by Crippen LogP contribution is 2.19. The Labute approximate surface area is 164 Å². The molecule has 0 bridgehead atoms. The lowest BCUT2D eigenvalue weighted by atomic mass is 10.1. The maximum Gasteiger partial charge on any atom is 0.387 e. The smallest absolute Gasteiger partial charge is 0.387 e. The van der Waals surface area contributed by atoms with E-state index in [4.69, 9.17) is 0 Å². The number of nitrogens with one attached hydrogen (secondary N) is 3. The third kappa shape index (κ3) is 9.50. The van der Waals surface area contributed by atoms with Gasteiger partial charge in [-0.2, -0.15) is 8.78 Å². The maximum absolute atomic E-state index is 12.2. The minimum absolute atomic E-state index is 0.0279. The van der Waals surface area contributed by atoms with E-state index in [0.717, 1.165) is 6.42 Å². The minimum Gasteiger partial charge on any atom is -0.435 e. The Kier molecular flexibility index (Phi) is 10.9. The van der Waals surface area contributed by atoms with Gasteiger partial charge in [0, 0.05) is 25.6 Å². The summed E-state index contributed by atoms with van der Waals surface area (Å²) in [5, 5.41) is 19.2. The molecule has 9 heteroatoms. The molecule has 0 saturated carbocycles. The molecule has 0 heterocycles. The lowest BCUT2D eigenvalue weighted by molar-refractivity contribution is -0.121. The van der Waals surface area contributed by atoms with Crippen LogP contribution in [0, 0.1) is 0 Å². The molecule has 0 aliphatic rings. The second-order valence-electron chi connectivity index (χ2n) is 6.24. The number of halogens is 2. The number of guanidine groups is 1. The van der Waals surface area contributed by atoms with Gasteiger partial charge in [-0.15, -0.1) is 0 Å². The summed E-state index contributed by atoms with van der Waals surface area (Å²) in [6.45, 7) is 4.08. The summed E-state index contributed by atoms with van der Waals surface area (Å²) in [4.78, 5) is 16.1. The Hall–Kier alpha value is -2.42. The van der Waals surface area contributed by atoms with Crippen LogP contribution in [0.5, 0.6) is 5.75 Å². The molecule has 2 atom stereocenters. The number of carbonyl (C=O) groups is 1. The Balaban J connectivity index is 2.52. The molecule has 1 aromatic carbocycles. The molecule has 0 aromatic heterocycles. The maximum atomic E-state index is 12.2. The van der Waals surface area contributed by atoms with Crippen LogP contribution in [0.4, 0.5) is 8.78 Å². The first-order valence-electron chi connectivity index (χ1n) is 9.40. The van der Waals surface area contributed by atoms with Crippen LogP contribution < -0.4 is 20.7 Å². The zero-order chi connectivity index (χ0) is 20.9. The number of carbonyl (C=O) groups excluding carboxylic acids is 1. The van der Waals surface area contributed by atoms with Gasteiger partial charge >= 0.3 is 6.61 Å². The molecule has 0 radical (unpaired) electrons. The van der Waals surface area contributed by atoms with Gasteiger partial charge < -0.3 is 25.8 Å². The number of alkyl halides is 2. The number of amides is 1. The fraction of sp³-hybridized carbons (Fsp3) is 0.579. The molecule has 4 N–H and O–H groups in total. The van der Waals surface area contributed by atoms with E-state index in [9.17, 15) is 18.7 Å². The van der Waals surface area contributed by atoms with E-state index in [2.05, 4.69) is 25.7 Å². The summed E-state index contributed by atoms with van der Waals surface area (Å²) in [6.07, 6.45) is 0.281. The summed E-state index contributed by atoms with van der Waals surface area (Å²) < 4.78 is 28.6. The van der Waals surface area contributed by atoms with Crippen LogP contribution in [0.15, 0.2) is 29.3 Å². The molecule has 1 amide bonds. The SMILES string of the molecule is CCNC(=NCC(O)c1ccc(OC(F)F)cc1)NCCC(=O)NC(C)CC. The normalized spacial score (nSPS) is 13.8. The van der Waals surface area contributed by atoms with Gasteiger partial charge in [-0.25, -0.2) is 0 Å². The van der Waals surface area contributed by atoms with Crippen molar-refractivity contribution >= 4 is 11.9 Å². The number of aliphatic hydroxyl groups excluding tert-OH is 1. The molecule has 7 nitrogen and oxygen atoms in total. The zero-order valence-electron chi connectivity index (χ0n) is 16.5. The van der Waals surface area contributed by atoms with Gasteiger partial charge in [0.25, 0.3) is 0 Å². The highest BCUT2D eigenvalue weighted by molar-refractivity contribution is 5.81. The van der Waals surface area contributed by atoms with Crippen molar-refractivity contribution < 1.29 is 23.4 Å². The van der Waals surface area contributed by atoms with Gasteiger partial charge in [-0.05, 0) is 38.0 Å². The first-order chi connectivity index (χ1) is 13.3. The highest BCUT2D eigenvalue weighted by Gasteiger charge is 2.10. The first kappa shape index (κ1) is 23.6. The molecule has 0 fully saturated rings. The van der Waals surface area contributed by atoms with Crippen LogP contribution in [0.2, 0.25) is 0 Å². The van der Waals surface area contributed by atoms with Crippen molar-refractivity contribution in [2.45, 2.75) is 52.4 Å². The van der Waals surface area contributed by atoms with Crippen LogP contribution in [0.3, 0.4) is 0 Å². The molecule has 2 unspecified atom stereocenters. The number of hydrogen-bond donors (Lipinski definition) is 4. The molecule has 1 aromatic rings. The van der Waals surface area contributed by atoms with Crippen molar-refractivity contribution in [2.24, 2.45) is 4.99 Å². The molecule has 0 spiro atoms. The highest BCUT2D eigenvalue weighted by atomic mass is 19.3. The summed E-state index contributed by atoms with van der Waals surface area (Å²) in [5.74, 6) is 0.472. The number of benzene rings is 1. The molecule has 0 saturated heterocycles. The molecule has 158 valence electrons. The summed E-state index contributed by atoms with van der Waals surface area (Å²) >= 11 is 0. The molecular formula is C19H30F2N4O3. The van der Waals surface area contributed by atoms with Crippen molar-refractivity contribution in [1.82, 2.24) is 16.0 Å². The van der Waals surface area contributed by atoms with Crippen LogP contribution >= 0.6 is 0 Å². The number of nitrogens with zero attached hydrogens (tertiary/aromatic N) is 1. The van der Waals surface area contributed by atoms with Crippen LogP contribution in [0.1, 0.15) is 45.3 Å². The van der Waals surface area contributed by atoms with Gasteiger partial charge in [0.15, 0.2) is 5.96 Å². The minimum atomic E-state index is -2.89. The third-order valence-electron chi connectivity index (χ3n) is 3.92. The van der Waals surface area contributed by atoms with E-state index in [1.807, 2.05) is 20.8 Å². The van der Waals surface area contributed by atoms with Gasteiger partial charge in [0.05, 0.1) is 12.6 Å². The first-order valence-corrected chi connectivity index (χ1v) is 9.40. The summed E-state index contributed by atoms with van der Waals surface area (Å²) in [5.41, 5.74) is 0.536. The van der Waals surface area contributed by atoms with Crippen LogP contribution in [-0.2, 0) is 4.79 Å². The second kappa shape index (κ2) is 12.9. The zero-order valence-corrected chi connectivity index (χ0v) is 16.5. The Bertz CT molecular complexity index is 612. The lowest BCUT2D eigenvalue weighted by Gasteiger charge is -2.15. The Morgan fingerprint density at radius 1 is 1.21 bits per heavy atom. The largest absolute Gasteiger partial charge is 0.435 e. The standard InChI is InChI=1S/C19H30F2N4O3/c1-4-13(3)25-17(27)10-11-23-19(22-5-2)24-12-16(26)14-6-8-15(9-7-14)28-18(20)21/h6-9,13,16,18,26H,4-5,10-12H2,1-3H3,(H,25,27)(H2,22,23,24). The third-order valence-corrected chi connectivity index (χ3v) is 3.92. The quantitative estimate of drug-likeness (QED) is 0.337. The molecule has 0 aliphatic heterocycles. The number of rotatable bonds is 11. The lowest BCUT2D eigenvalue weighted by Crippen LogP contribution is -2.40. The van der Waals surface area contributed by atoms with E-state index in [1.165, 1.54) is 24.3 Å². The number of aliphatic imine (C=N–C) groups is 1. The predicted molar refractivity (Wildman–Crippen MR) is 105 cm³/mol.